The van der Waals surface area contributed by atoms with E-state index in [2.05, 4.69) is 0 Å². The van der Waals surface area contributed by atoms with Gasteiger partial charge in [0.1, 0.15) is 17.1 Å². The average Bonchev–Trinajstić information content (AvgIpc) is 3.32. The lowest BCUT2D eigenvalue weighted by molar-refractivity contribution is 0.0703. The Morgan fingerprint density at radius 3 is 2.58 bits per heavy atom. The first-order valence-electron chi connectivity index (χ1n) is 9.22. The average molecular weight is 451 g/mol. The lowest BCUT2D eigenvalue weighted by atomic mass is 10.1. The van der Waals surface area contributed by atoms with Crippen LogP contribution < -0.4 is 9.47 Å². The number of hydrogen-bond donors (Lipinski definition) is 0. The number of rotatable bonds is 3. The number of furan rings is 1. The van der Waals surface area contributed by atoms with Crippen molar-refractivity contribution in [1.29, 1.82) is 0 Å². The standard InChI is InChI=1S/C24H12Cl2O5/c25-17-8-5-13(9-18(17)26)10-21-23(27)16-7-6-15(12-20(16)31-21)29-24(28)22-11-14-3-1-2-4-19(14)30-22/h1-12H/b21-10-. The molecule has 1 aromatic heterocycles. The zero-order valence-corrected chi connectivity index (χ0v) is 17.2. The summed E-state index contributed by atoms with van der Waals surface area (Å²) in [6.45, 7) is 0. The number of hydrogen-bond acceptors (Lipinski definition) is 5. The molecule has 3 aromatic carbocycles. The smallest absolute Gasteiger partial charge is 0.379 e. The van der Waals surface area contributed by atoms with Crippen LogP contribution in [-0.2, 0) is 0 Å². The third kappa shape index (κ3) is 3.69. The molecule has 152 valence electrons. The highest BCUT2D eigenvalue weighted by Crippen LogP contribution is 2.35. The topological polar surface area (TPSA) is 65.7 Å². The fourth-order valence-electron chi connectivity index (χ4n) is 3.22. The molecular formula is C24H12Cl2O5. The van der Waals surface area contributed by atoms with E-state index in [4.69, 9.17) is 37.1 Å². The monoisotopic (exact) mass is 450 g/mol. The second-order valence-corrected chi connectivity index (χ2v) is 7.62. The van der Waals surface area contributed by atoms with Gasteiger partial charge in [-0.2, -0.15) is 0 Å². The van der Waals surface area contributed by atoms with Crippen molar-refractivity contribution in [3.63, 3.8) is 0 Å². The predicted octanol–water partition coefficient (Wildman–Crippen LogP) is 6.58. The number of para-hydroxylation sites is 1. The number of Topliss-reactive ketones (excluding diaryl/α,β-unsaturated/α-hetero) is 1. The minimum Gasteiger partial charge on any atom is -0.452 e. The largest absolute Gasteiger partial charge is 0.452 e. The summed E-state index contributed by atoms with van der Waals surface area (Å²) in [7, 11) is 0. The molecule has 0 atom stereocenters. The number of fused-ring (bicyclic) bond motifs is 2. The van der Waals surface area contributed by atoms with Crippen molar-refractivity contribution >= 4 is 52.0 Å². The maximum absolute atomic E-state index is 12.6. The third-order valence-corrected chi connectivity index (χ3v) is 5.46. The maximum atomic E-state index is 12.6. The Morgan fingerprint density at radius 1 is 0.935 bits per heavy atom. The van der Waals surface area contributed by atoms with Crippen molar-refractivity contribution < 1.29 is 23.5 Å². The minimum atomic E-state index is -0.646. The number of halogens is 2. The molecule has 0 aliphatic carbocycles. The maximum Gasteiger partial charge on any atom is 0.379 e. The number of ketones is 1. The van der Waals surface area contributed by atoms with E-state index in [1.165, 1.54) is 12.1 Å². The summed E-state index contributed by atoms with van der Waals surface area (Å²) in [5.74, 6) is -0.185. The summed E-state index contributed by atoms with van der Waals surface area (Å²) >= 11 is 12.0. The Hall–Kier alpha value is -3.54. The Bertz CT molecular complexity index is 1370. The van der Waals surface area contributed by atoms with Gasteiger partial charge in [0.05, 0.1) is 15.6 Å². The summed E-state index contributed by atoms with van der Waals surface area (Å²) < 4.78 is 16.6. The molecule has 7 heteroatoms. The van der Waals surface area contributed by atoms with Crippen molar-refractivity contribution in [3.8, 4) is 11.5 Å². The van der Waals surface area contributed by atoms with Gasteiger partial charge in [-0.15, -0.1) is 0 Å². The molecule has 0 spiro atoms. The number of esters is 1. The normalized spacial score (nSPS) is 14.0. The molecule has 5 nitrogen and oxygen atoms in total. The summed E-state index contributed by atoms with van der Waals surface area (Å²) in [6.07, 6.45) is 1.57. The van der Waals surface area contributed by atoms with Crippen LogP contribution in [0, 0.1) is 0 Å². The third-order valence-electron chi connectivity index (χ3n) is 4.72. The van der Waals surface area contributed by atoms with Gasteiger partial charge in [0.25, 0.3) is 0 Å². The second kappa shape index (κ2) is 7.61. The lowest BCUT2D eigenvalue weighted by Gasteiger charge is -2.04. The molecule has 0 amide bonds. The Balaban J connectivity index is 1.37. The molecule has 0 N–H and O–H groups in total. The Kier molecular flexibility index (Phi) is 4.77. The van der Waals surface area contributed by atoms with Gasteiger partial charge >= 0.3 is 5.97 Å². The highest BCUT2D eigenvalue weighted by Gasteiger charge is 2.28. The summed E-state index contributed by atoms with van der Waals surface area (Å²) in [4.78, 5) is 25.1. The molecule has 1 aliphatic heterocycles. The number of carbonyl (C=O) groups excluding carboxylic acids is 2. The molecule has 0 fully saturated rings. The van der Waals surface area contributed by atoms with Gasteiger partial charge in [-0.3, -0.25) is 4.79 Å². The number of ether oxygens (including phenoxy) is 2. The van der Waals surface area contributed by atoms with E-state index in [0.717, 1.165) is 5.39 Å². The number of carbonyl (C=O) groups is 2. The number of allylic oxidation sites excluding steroid dienone is 1. The molecule has 5 rings (SSSR count). The Labute approximate surface area is 186 Å². The van der Waals surface area contributed by atoms with Crippen molar-refractivity contribution in [1.82, 2.24) is 0 Å². The fourth-order valence-corrected chi connectivity index (χ4v) is 3.53. The first-order chi connectivity index (χ1) is 15.0. The van der Waals surface area contributed by atoms with Crippen molar-refractivity contribution in [3.05, 3.63) is 99.4 Å². The zero-order valence-electron chi connectivity index (χ0n) is 15.7. The highest BCUT2D eigenvalue weighted by atomic mass is 35.5. The van der Waals surface area contributed by atoms with Crippen LogP contribution in [0.4, 0.5) is 0 Å². The van der Waals surface area contributed by atoms with Crippen LogP contribution in [0.2, 0.25) is 10.0 Å². The van der Waals surface area contributed by atoms with Crippen LogP contribution in [-0.4, -0.2) is 11.8 Å². The van der Waals surface area contributed by atoms with E-state index in [1.807, 2.05) is 18.2 Å². The van der Waals surface area contributed by atoms with Gasteiger partial charge in [0, 0.05) is 11.5 Å². The van der Waals surface area contributed by atoms with Crippen LogP contribution in [0.1, 0.15) is 26.5 Å². The molecule has 1 aliphatic rings. The molecule has 0 unspecified atom stereocenters. The quantitative estimate of drug-likeness (QED) is 0.200. The van der Waals surface area contributed by atoms with Crippen LogP contribution in [0.3, 0.4) is 0 Å². The molecular weight excluding hydrogens is 439 g/mol. The summed E-state index contributed by atoms with van der Waals surface area (Å²) in [6, 6.07) is 18.5. The van der Waals surface area contributed by atoms with Crippen LogP contribution >= 0.6 is 23.2 Å². The predicted molar refractivity (Wildman–Crippen MR) is 117 cm³/mol. The molecule has 0 saturated heterocycles. The van der Waals surface area contributed by atoms with Gasteiger partial charge < -0.3 is 13.9 Å². The van der Waals surface area contributed by atoms with Crippen molar-refractivity contribution in [2.75, 3.05) is 0 Å². The van der Waals surface area contributed by atoms with Gasteiger partial charge in [-0.1, -0.05) is 47.5 Å². The fraction of sp³-hybridized carbons (Fsp3) is 0. The van der Waals surface area contributed by atoms with Crippen LogP contribution in [0.25, 0.3) is 17.0 Å². The molecule has 0 saturated carbocycles. The molecule has 0 radical (unpaired) electrons. The zero-order chi connectivity index (χ0) is 21.5. The first-order valence-corrected chi connectivity index (χ1v) is 9.98. The molecule has 4 aromatic rings. The van der Waals surface area contributed by atoms with E-state index < -0.39 is 5.97 Å². The van der Waals surface area contributed by atoms with E-state index in [1.54, 1.807) is 42.5 Å². The lowest BCUT2D eigenvalue weighted by Crippen LogP contribution is -2.07. The van der Waals surface area contributed by atoms with Gasteiger partial charge in [-0.25, -0.2) is 4.79 Å². The van der Waals surface area contributed by atoms with E-state index >= 15 is 0 Å². The first kappa shape index (κ1) is 19.4. The van der Waals surface area contributed by atoms with E-state index in [-0.39, 0.29) is 23.1 Å². The van der Waals surface area contributed by atoms with Crippen molar-refractivity contribution in [2.24, 2.45) is 0 Å². The second-order valence-electron chi connectivity index (χ2n) is 6.81. The highest BCUT2D eigenvalue weighted by molar-refractivity contribution is 6.42. The Morgan fingerprint density at radius 2 is 1.77 bits per heavy atom. The number of benzene rings is 3. The van der Waals surface area contributed by atoms with Crippen LogP contribution in [0.15, 0.2) is 76.9 Å². The van der Waals surface area contributed by atoms with Gasteiger partial charge in [-0.05, 0) is 48.0 Å². The minimum absolute atomic E-state index is 0.0823. The SMILES string of the molecule is O=C(Oc1ccc2c(c1)O/C(=C\c1ccc(Cl)c(Cl)c1)C2=O)c1cc2ccccc2o1. The summed E-state index contributed by atoms with van der Waals surface area (Å²) in [5, 5.41) is 1.59. The molecule has 2 heterocycles. The van der Waals surface area contributed by atoms with E-state index in [9.17, 15) is 9.59 Å². The van der Waals surface area contributed by atoms with Gasteiger partial charge in [0.2, 0.25) is 11.5 Å². The van der Waals surface area contributed by atoms with E-state index in [0.29, 0.717) is 32.5 Å². The van der Waals surface area contributed by atoms with Crippen LogP contribution in [0.5, 0.6) is 11.5 Å². The molecule has 31 heavy (non-hydrogen) atoms. The van der Waals surface area contributed by atoms with Crippen molar-refractivity contribution in [2.45, 2.75) is 0 Å². The van der Waals surface area contributed by atoms with Gasteiger partial charge in [0.15, 0.2) is 5.76 Å². The summed E-state index contributed by atoms with van der Waals surface area (Å²) in [5.41, 5.74) is 1.63. The molecule has 0 bridgehead atoms.